The lowest BCUT2D eigenvalue weighted by Gasteiger charge is -2.16. The quantitative estimate of drug-likeness (QED) is 0.367. The Balaban J connectivity index is 1.57. The van der Waals surface area contributed by atoms with Crippen LogP contribution >= 0.6 is 23.2 Å². The molecule has 2 aromatic carbocycles. The monoisotopic (exact) mass is 515 g/mol. The second kappa shape index (κ2) is 8.04. The standard InChI is InChI=1S/C23H17Cl2F2N7O/c1-31-16-2-3-17(19(26)13(16)10-29-31)32-6-7-33(23(32)35)22-18-11-28-4-5-34(18)30-21(22)12-8-14(24)20(27)15(25)9-12/h2-3,6-10,28H,4-5,11H2,1H3. The molecule has 35 heavy (non-hydrogen) atoms. The van der Waals surface area contributed by atoms with E-state index in [2.05, 4.69) is 15.5 Å². The van der Waals surface area contributed by atoms with Crippen LogP contribution in [0.2, 0.25) is 10.0 Å². The van der Waals surface area contributed by atoms with E-state index < -0.39 is 17.3 Å². The predicted molar refractivity (Wildman–Crippen MR) is 129 cm³/mol. The molecule has 1 N–H and O–H groups in total. The van der Waals surface area contributed by atoms with Crippen molar-refractivity contribution in [3.8, 4) is 22.6 Å². The van der Waals surface area contributed by atoms with Crippen LogP contribution in [0.5, 0.6) is 0 Å². The number of fused-ring (bicyclic) bond motifs is 2. The van der Waals surface area contributed by atoms with Crippen molar-refractivity contribution >= 4 is 34.1 Å². The molecule has 8 nitrogen and oxygen atoms in total. The molecule has 0 saturated heterocycles. The van der Waals surface area contributed by atoms with Crippen LogP contribution in [0, 0.1) is 11.6 Å². The summed E-state index contributed by atoms with van der Waals surface area (Å²) < 4.78 is 35.4. The first kappa shape index (κ1) is 22.0. The van der Waals surface area contributed by atoms with Gasteiger partial charge in [-0.25, -0.2) is 13.6 Å². The fraction of sp³-hybridized carbons (Fsp3) is 0.174. The first-order chi connectivity index (χ1) is 16.8. The summed E-state index contributed by atoms with van der Waals surface area (Å²) in [6.45, 7) is 1.73. The SMILES string of the molecule is Cn1ncc2c(F)c(-n3ccn(-c4c(-c5cc(Cl)c(F)c(Cl)c5)nn5c4CNCC5)c3=O)ccc21. The zero-order valence-corrected chi connectivity index (χ0v) is 19.8. The van der Waals surface area contributed by atoms with Gasteiger partial charge in [-0.2, -0.15) is 10.2 Å². The lowest BCUT2D eigenvalue weighted by Crippen LogP contribution is -2.30. The van der Waals surface area contributed by atoms with Crippen molar-refractivity contribution in [2.75, 3.05) is 6.54 Å². The van der Waals surface area contributed by atoms with Gasteiger partial charge in [0.1, 0.15) is 11.4 Å². The zero-order valence-electron chi connectivity index (χ0n) is 18.3. The van der Waals surface area contributed by atoms with Gasteiger partial charge in [-0.3, -0.25) is 18.5 Å². The van der Waals surface area contributed by atoms with Crippen molar-refractivity contribution in [2.45, 2.75) is 13.1 Å². The van der Waals surface area contributed by atoms with E-state index in [1.807, 2.05) is 0 Å². The summed E-state index contributed by atoms with van der Waals surface area (Å²) in [5.74, 6) is -1.28. The van der Waals surface area contributed by atoms with Crippen molar-refractivity contribution in [1.29, 1.82) is 0 Å². The van der Waals surface area contributed by atoms with E-state index in [9.17, 15) is 9.18 Å². The van der Waals surface area contributed by atoms with Crippen molar-refractivity contribution in [3.05, 3.63) is 80.7 Å². The molecule has 0 amide bonds. The molecular formula is C23H17Cl2F2N7O. The van der Waals surface area contributed by atoms with Gasteiger partial charge in [0.05, 0.1) is 45.1 Å². The zero-order chi connectivity index (χ0) is 24.4. The minimum atomic E-state index is -0.728. The Morgan fingerprint density at radius 2 is 1.80 bits per heavy atom. The minimum Gasteiger partial charge on any atom is -0.309 e. The molecule has 1 aliphatic heterocycles. The molecule has 0 spiro atoms. The maximum Gasteiger partial charge on any atom is 0.337 e. The van der Waals surface area contributed by atoms with E-state index in [1.54, 1.807) is 34.7 Å². The fourth-order valence-electron chi connectivity index (χ4n) is 4.48. The van der Waals surface area contributed by atoms with E-state index in [4.69, 9.17) is 23.2 Å². The first-order valence-electron chi connectivity index (χ1n) is 10.7. The van der Waals surface area contributed by atoms with E-state index >= 15 is 4.39 Å². The molecule has 0 saturated carbocycles. The van der Waals surface area contributed by atoms with Crippen LogP contribution < -0.4 is 11.0 Å². The lowest BCUT2D eigenvalue weighted by molar-refractivity contribution is 0.475. The molecule has 1 aliphatic rings. The van der Waals surface area contributed by atoms with Crippen LogP contribution in [0.4, 0.5) is 8.78 Å². The molecule has 0 fully saturated rings. The normalized spacial score (nSPS) is 13.5. The number of halogens is 4. The van der Waals surface area contributed by atoms with Gasteiger partial charge in [0.2, 0.25) is 0 Å². The summed E-state index contributed by atoms with van der Waals surface area (Å²) in [5, 5.41) is 12.0. The molecule has 4 heterocycles. The average molecular weight is 516 g/mol. The average Bonchev–Trinajstić information content (AvgIpc) is 3.53. The molecule has 0 unspecified atom stereocenters. The molecule has 5 aromatic rings. The van der Waals surface area contributed by atoms with Gasteiger partial charge in [-0.15, -0.1) is 0 Å². The predicted octanol–water partition coefficient (Wildman–Crippen LogP) is 4.07. The Labute approximate surface area is 206 Å². The number of hydrogen-bond acceptors (Lipinski definition) is 4. The van der Waals surface area contributed by atoms with Gasteiger partial charge in [0, 0.05) is 38.1 Å². The highest BCUT2D eigenvalue weighted by Gasteiger charge is 2.26. The summed E-state index contributed by atoms with van der Waals surface area (Å²) >= 11 is 12.1. The summed E-state index contributed by atoms with van der Waals surface area (Å²) in [6.07, 6.45) is 4.48. The largest absolute Gasteiger partial charge is 0.337 e. The number of aromatic nitrogens is 6. The van der Waals surface area contributed by atoms with Crippen LogP contribution in [0.15, 0.2) is 47.7 Å². The van der Waals surface area contributed by atoms with Crippen LogP contribution in [0.3, 0.4) is 0 Å². The number of hydrogen-bond donors (Lipinski definition) is 1. The summed E-state index contributed by atoms with van der Waals surface area (Å²) in [6, 6.07) is 6.10. The molecule has 0 atom stereocenters. The number of nitrogens with zero attached hydrogens (tertiary/aromatic N) is 6. The number of aryl methyl sites for hydroxylation is 1. The Bertz CT molecular complexity index is 1680. The van der Waals surface area contributed by atoms with Gasteiger partial charge in [-0.1, -0.05) is 23.2 Å². The Morgan fingerprint density at radius 3 is 2.57 bits per heavy atom. The molecule has 12 heteroatoms. The molecular weight excluding hydrogens is 499 g/mol. The van der Waals surface area contributed by atoms with Crippen LogP contribution in [0.1, 0.15) is 5.69 Å². The molecule has 0 radical (unpaired) electrons. The third-order valence-electron chi connectivity index (χ3n) is 6.20. The van der Waals surface area contributed by atoms with Crippen LogP contribution in [-0.2, 0) is 20.1 Å². The maximum absolute atomic E-state index is 15.3. The van der Waals surface area contributed by atoms with E-state index in [0.717, 1.165) is 5.69 Å². The first-order valence-corrected chi connectivity index (χ1v) is 11.5. The smallest absolute Gasteiger partial charge is 0.309 e. The highest BCUT2D eigenvalue weighted by molar-refractivity contribution is 6.35. The van der Waals surface area contributed by atoms with Gasteiger partial charge in [-0.05, 0) is 24.3 Å². The second-order valence-electron chi connectivity index (χ2n) is 8.22. The van der Waals surface area contributed by atoms with Crippen molar-refractivity contribution in [3.63, 3.8) is 0 Å². The molecule has 0 aliphatic carbocycles. The number of rotatable bonds is 3. The van der Waals surface area contributed by atoms with Crippen LogP contribution in [-0.4, -0.2) is 35.2 Å². The van der Waals surface area contributed by atoms with Gasteiger partial charge < -0.3 is 5.32 Å². The lowest BCUT2D eigenvalue weighted by atomic mass is 10.1. The summed E-state index contributed by atoms with van der Waals surface area (Å²) in [7, 11) is 1.72. The Hall–Kier alpha value is -3.47. The third-order valence-corrected chi connectivity index (χ3v) is 6.75. The Kier molecular flexibility index (Phi) is 5.06. The van der Waals surface area contributed by atoms with Crippen molar-refractivity contribution in [1.82, 2.24) is 34.0 Å². The van der Waals surface area contributed by atoms with E-state index in [0.29, 0.717) is 47.5 Å². The summed E-state index contributed by atoms with van der Waals surface area (Å²) in [5.41, 5.74) is 2.34. The van der Waals surface area contributed by atoms with Crippen LogP contribution in [0.25, 0.3) is 33.5 Å². The highest BCUT2D eigenvalue weighted by Crippen LogP contribution is 2.35. The number of nitrogens with one attached hydrogen (secondary N) is 1. The molecule has 0 bridgehead atoms. The van der Waals surface area contributed by atoms with E-state index in [-0.39, 0.29) is 15.7 Å². The van der Waals surface area contributed by atoms with Gasteiger partial charge in [0.15, 0.2) is 11.6 Å². The second-order valence-corrected chi connectivity index (χ2v) is 9.03. The maximum atomic E-state index is 15.3. The molecule has 3 aromatic heterocycles. The molecule has 178 valence electrons. The summed E-state index contributed by atoms with van der Waals surface area (Å²) in [4.78, 5) is 13.6. The topological polar surface area (TPSA) is 74.6 Å². The van der Waals surface area contributed by atoms with E-state index in [1.165, 1.54) is 33.7 Å². The van der Waals surface area contributed by atoms with Gasteiger partial charge in [0.25, 0.3) is 0 Å². The molecule has 6 rings (SSSR count). The third kappa shape index (κ3) is 3.32. The fourth-order valence-corrected chi connectivity index (χ4v) is 4.97. The highest BCUT2D eigenvalue weighted by atomic mass is 35.5. The number of imidazole rings is 1. The van der Waals surface area contributed by atoms with Crippen molar-refractivity contribution in [2.24, 2.45) is 7.05 Å². The number of benzene rings is 2. The van der Waals surface area contributed by atoms with Crippen molar-refractivity contribution < 1.29 is 8.78 Å². The Morgan fingerprint density at radius 1 is 1.06 bits per heavy atom. The minimum absolute atomic E-state index is 0.0998. The van der Waals surface area contributed by atoms with Gasteiger partial charge >= 0.3 is 5.69 Å².